The molecule has 2 N–H and O–H groups in total. The molecule has 7 nitrogen and oxygen atoms in total. The van der Waals surface area contributed by atoms with Crippen LogP contribution < -0.4 is 10.6 Å². The Bertz CT molecular complexity index is 1090. The minimum atomic E-state index is -0.676. The van der Waals surface area contributed by atoms with Crippen LogP contribution in [0.2, 0.25) is 0 Å². The maximum absolute atomic E-state index is 13.3. The molecule has 1 aliphatic heterocycles. The molecule has 0 radical (unpaired) electrons. The SMILES string of the molecule is CCCN1C(=O)N[C@H](c2ccc(NC(=O)C3CCCC3)cc2)C(C(=O)OCC)=C1c1ccccc1. The van der Waals surface area contributed by atoms with E-state index in [9.17, 15) is 14.4 Å². The maximum Gasteiger partial charge on any atom is 0.338 e. The van der Waals surface area contributed by atoms with Gasteiger partial charge in [-0.05, 0) is 49.4 Å². The fourth-order valence-corrected chi connectivity index (χ4v) is 4.87. The molecule has 0 bridgehead atoms. The number of carbonyl (C=O) groups excluding carboxylic acids is 3. The highest BCUT2D eigenvalue weighted by Crippen LogP contribution is 2.37. The van der Waals surface area contributed by atoms with Gasteiger partial charge in [-0.25, -0.2) is 9.59 Å². The monoisotopic (exact) mass is 475 g/mol. The number of ether oxygens (including phenoxy) is 1. The molecule has 0 spiro atoms. The fourth-order valence-electron chi connectivity index (χ4n) is 4.87. The molecule has 2 aromatic carbocycles. The van der Waals surface area contributed by atoms with Crippen molar-refractivity contribution >= 4 is 29.3 Å². The number of benzene rings is 2. The summed E-state index contributed by atoms with van der Waals surface area (Å²) in [4.78, 5) is 40.6. The minimum Gasteiger partial charge on any atom is -0.463 e. The Morgan fingerprint density at radius 2 is 1.71 bits per heavy atom. The first kappa shape index (κ1) is 24.5. The van der Waals surface area contributed by atoms with Crippen molar-refractivity contribution in [3.8, 4) is 0 Å². The van der Waals surface area contributed by atoms with Crippen molar-refractivity contribution < 1.29 is 19.1 Å². The van der Waals surface area contributed by atoms with Crippen LogP contribution in [0.15, 0.2) is 60.2 Å². The lowest BCUT2D eigenvalue weighted by atomic mass is 9.91. The molecule has 1 saturated carbocycles. The molecule has 1 fully saturated rings. The quantitative estimate of drug-likeness (QED) is 0.510. The highest BCUT2D eigenvalue weighted by atomic mass is 16.5. The Hall–Kier alpha value is -3.61. The van der Waals surface area contributed by atoms with Crippen molar-refractivity contribution in [2.75, 3.05) is 18.5 Å². The van der Waals surface area contributed by atoms with Crippen LogP contribution in [0.5, 0.6) is 0 Å². The lowest BCUT2D eigenvalue weighted by molar-refractivity contribution is -0.139. The van der Waals surface area contributed by atoms with Crippen LogP contribution in [0.4, 0.5) is 10.5 Å². The van der Waals surface area contributed by atoms with E-state index in [1.807, 2.05) is 61.5 Å². The van der Waals surface area contributed by atoms with E-state index in [-0.39, 0.29) is 24.5 Å². The molecule has 1 heterocycles. The lowest BCUT2D eigenvalue weighted by Gasteiger charge is -2.36. The van der Waals surface area contributed by atoms with Crippen molar-refractivity contribution in [2.24, 2.45) is 5.92 Å². The molecule has 0 saturated heterocycles. The molecule has 184 valence electrons. The zero-order chi connectivity index (χ0) is 24.8. The van der Waals surface area contributed by atoms with E-state index >= 15 is 0 Å². The predicted molar refractivity (Wildman–Crippen MR) is 135 cm³/mol. The zero-order valence-electron chi connectivity index (χ0n) is 20.4. The van der Waals surface area contributed by atoms with Crippen LogP contribution in [-0.2, 0) is 14.3 Å². The Morgan fingerprint density at radius 1 is 1.03 bits per heavy atom. The smallest absolute Gasteiger partial charge is 0.338 e. The summed E-state index contributed by atoms with van der Waals surface area (Å²) in [6.45, 7) is 4.45. The van der Waals surface area contributed by atoms with Crippen molar-refractivity contribution in [3.05, 3.63) is 71.3 Å². The van der Waals surface area contributed by atoms with E-state index in [0.29, 0.717) is 23.5 Å². The third-order valence-electron chi connectivity index (χ3n) is 6.55. The Labute approximate surface area is 206 Å². The number of hydrogen-bond acceptors (Lipinski definition) is 4. The Kier molecular flexibility index (Phi) is 7.85. The first-order chi connectivity index (χ1) is 17.0. The normalized spacial score (nSPS) is 18.4. The second kappa shape index (κ2) is 11.2. The number of hydrogen-bond donors (Lipinski definition) is 2. The highest BCUT2D eigenvalue weighted by molar-refractivity contribution is 6.04. The van der Waals surface area contributed by atoms with Crippen molar-refractivity contribution in [1.29, 1.82) is 0 Å². The largest absolute Gasteiger partial charge is 0.463 e. The standard InChI is InChI=1S/C28H33N3O4/c1-3-18-31-25(20-10-6-5-7-11-20)23(27(33)35-4-2)24(30-28(31)34)19-14-16-22(17-15-19)29-26(32)21-12-8-9-13-21/h5-7,10-11,14-17,21,24H,3-4,8-9,12-13,18H2,1-2H3,(H,29,32)(H,30,34)/t24-/m1/s1. The number of anilines is 1. The van der Waals surface area contributed by atoms with Gasteiger partial charge in [-0.2, -0.15) is 0 Å². The van der Waals surface area contributed by atoms with E-state index in [0.717, 1.165) is 43.2 Å². The number of nitrogens with zero attached hydrogens (tertiary/aromatic N) is 1. The number of rotatable bonds is 8. The van der Waals surface area contributed by atoms with Crippen LogP contribution in [0.1, 0.15) is 63.1 Å². The average molecular weight is 476 g/mol. The molecular weight excluding hydrogens is 442 g/mol. The van der Waals surface area contributed by atoms with Gasteiger partial charge in [0.25, 0.3) is 0 Å². The van der Waals surface area contributed by atoms with Gasteiger partial charge in [0.1, 0.15) is 0 Å². The molecule has 7 heteroatoms. The molecule has 2 aliphatic rings. The summed E-state index contributed by atoms with van der Waals surface area (Å²) in [5.41, 5.74) is 3.19. The molecule has 3 amide bonds. The van der Waals surface area contributed by atoms with Gasteiger partial charge in [0, 0.05) is 18.2 Å². The van der Waals surface area contributed by atoms with Gasteiger partial charge in [0.2, 0.25) is 5.91 Å². The summed E-state index contributed by atoms with van der Waals surface area (Å²) in [6, 6.07) is 15.8. The molecule has 1 atom stereocenters. The summed E-state index contributed by atoms with van der Waals surface area (Å²) in [5.74, 6) is -0.338. The van der Waals surface area contributed by atoms with E-state index in [4.69, 9.17) is 4.74 Å². The molecule has 2 aromatic rings. The zero-order valence-corrected chi connectivity index (χ0v) is 20.4. The molecule has 4 rings (SSSR count). The topological polar surface area (TPSA) is 87.7 Å². The van der Waals surface area contributed by atoms with Gasteiger partial charge in [-0.3, -0.25) is 9.69 Å². The highest BCUT2D eigenvalue weighted by Gasteiger charge is 2.38. The number of urea groups is 1. The summed E-state index contributed by atoms with van der Waals surface area (Å²) < 4.78 is 5.45. The van der Waals surface area contributed by atoms with Crippen LogP contribution in [-0.4, -0.2) is 36.0 Å². The van der Waals surface area contributed by atoms with Gasteiger partial charge in [0.15, 0.2) is 0 Å². The molecule has 0 aromatic heterocycles. The van der Waals surface area contributed by atoms with Crippen LogP contribution in [0.3, 0.4) is 0 Å². The Balaban J connectivity index is 1.72. The minimum absolute atomic E-state index is 0.0508. The third-order valence-corrected chi connectivity index (χ3v) is 6.55. The molecule has 35 heavy (non-hydrogen) atoms. The van der Waals surface area contributed by atoms with Gasteiger partial charge in [-0.15, -0.1) is 0 Å². The van der Waals surface area contributed by atoms with E-state index < -0.39 is 12.0 Å². The second-order valence-corrected chi connectivity index (χ2v) is 8.98. The van der Waals surface area contributed by atoms with Crippen LogP contribution in [0, 0.1) is 5.92 Å². The summed E-state index contributed by atoms with van der Waals surface area (Å²) in [6.07, 6.45) is 4.80. The lowest BCUT2D eigenvalue weighted by Crippen LogP contribution is -2.48. The fraction of sp³-hybridized carbons (Fsp3) is 0.393. The first-order valence-corrected chi connectivity index (χ1v) is 12.5. The first-order valence-electron chi connectivity index (χ1n) is 12.5. The number of amides is 3. The van der Waals surface area contributed by atoms with E-state index in [2.05, 4.69) is 10.6 Å². The molecule has 1 aliphatic carbocycles. The van der Waals surface area contributed by atoms with Crippen LogP contribution in [0.25, 0.3) is 5.70 Å². The Morgan fingerprint density at radius 3 is 2.34 bits per heavy atom. The summed E-state index contributed by atoms with van der Waals surface area (Å²) in [7, 11) is 0. The van der Waals surface area contributed by atoms with Crippen molar-refractivity contribution in [2.45, 2.75) is 52.0 Å². The van der Waals surface area contributed by atoms with Crippen LogP contribution >= 0.6 is 0 Å². The number of esters is 1. The van der Waals surface area contributed by atoms with Gasteiger partial charge in [-0.1, -0.05) is 62.2 Å². The summed E-state index contributed by atoms with van der Waals surface area (Å²) >= 11 is 0. The van der Waals surface area contributed by atoms with E-state index in [1.165, 1.54) is 0 Å². The van der Waals surface area contributed by atoms with Crippen molar-refractivity contribution in [3.63, 3.8) is 0 Å². The van der Waals surface area contributed by atoms with Gasteiger partial charge >= 0.3 is 12.0 Å². The molecule has 0 unspecified atom stereocenters. The van der Waals surface area contributed by atoms with Gasteiger partial charge in [0.05, 0.1) is 23.9 Å². The second-order valence-electron chi connectivity index (χ2n) is 8.98. The molecular formula is C28H33N3O4. The van der Waals surface area contributed by atoms with Crippen molar-refractivity contribution in [1.82, 2.24) is 10.2 Å². The maximum atomic E-state index is 13.3. The van der Waals surface area contributed by atoms with E-state index in [1.54, 1.807) is 11.8 Å². The summed E-state index contributed by atoms with van der Waals surface area (Å²) in [5, 5.41) is 6.00. The number of carbonyl (C=O) groups is 3. The van der Waals surface area contributed by atoms with Gasteiger partial charge < -0.3 is 15.4 Å². The average Bonchev–Trinajstić information content (AvgIpc) is 3.41. The number of nitrogens with one attached hydrogen (secondary N) is 2. The third kappa shape index (κ3) is 5.39. The predicted octanol–water partition coefficient (Wildman–Crippen LogP) is 5.27.